The van der Waals surface area contributed by atoms with Gasteiger partial charge in [-0.2, -0.15) is 10.9 Å². The minimum Gasteiger partial charge on any atom is -0.170 e. The van der Waals surface area contributed by atoms with Crippen LogP contribution in [0.25, 0.3) is 0 Å². The van der Waals surface area contributed by atoms with Crippen LogP contribution in [0.3, 0.4) is 0 Å². The third-order valence-electron chi connectivity index (χ3n) is 1.90. The van der Waals surface area contributed by atoms with Gasteiger partial charge in [-0.25, -0.2) is 0 Å². The van der Waals surface area contributed by atoms with Gasteiger partial charge < -0.3 is 0 Å². The molecule has 0 spiro atoms. The van der Waals surface area contributed by atoms with Crippen LogP contribution in [-0.4, -0.2) is 12.0 Å². The molecular formula is C9H16S. The zero-order valence-corrected chi connectivity index (χ0v) is 7.54. The van der Waals surface area contributed by atoms with Crippen molar-refractivity contribution in [2.75, 3.05) is 12.0 Å². The highest BCUT2D eigenvalue weighted by molar-refractivity contribution is 7.97. The molecule has 1 saturated carbocycles. The second-order valence-corrected chi connectivity index (χ2v) is 4.91. The first-order valence-corrected chi connectivity index (χ1v) is 5.86. The molecule has 0 heterocycles. The molecular weight excluding hydrogens is 140 g/mol. The largest absolute Gasteiger partial charge is 0.170 e. The van der Waals surface area contributed by atoms with Crippen molar-refractivity contribution in [2.45, 2.75) is 25.7 Å². The topological polar surface area (TPSA) is 0 Å². The fourth-order valence-corrected chi connectivity index (χ4v) is 1.81. The van der Waals surface area contributed by atoms with E-state index in [1.54, 1.807) is 5.57 Å². The molecule has 0 nitrogen and oxygen atoms in total. The summed E-state index contributed by atoms with van der Waals surface area (Å²) in [6, 6.07) is 0. The van der Waals surface area contributed by atoms with Gasteiger partial charge >= 0.3 is 0 Å². The number of hydrogen-bond acceptors (Lipinski definition) is 0. The molecule has 58 valence electrons. The first kappa shape index (κ1) is 8.19. The van der Waals surface area contributed by atoms with Gasteiger partial charge in [-0.1, -0.05) is 5.57 Å². The van der Waals surface area contributed by atoms with Crippen molar-refractivity contribution in [1.82, 2.24) is 0 Å². The molecule has 0 saturated heterocycles. The normalized spacial score (nSPS) is 21.2. The second-order valence-electron chi connectivity index (χ2n) is 3.02. The molecule has 1 atom stereocenters. The van der Waals surface area contributed by atoms with Gasteiger partial charge in [-0.05, 0) is 31.8 Å². The Morgan fingerprint density at radius 3 is 2.60 bits per heavy atom. The van der Waals surface area contributed by atoms with E-state index in [0.29, 0.717) is 10.9 Å². The molecule has 0 aromatic rings. The zero-order chi connectivity index (χ0) is 7.40. The van der Waals surface area contributed by atoms with E-state index in [-0.39, 0.29) is 0 Å². The molecule has 0 bridgehead atoms. The van der Waals surface area contributed by atoms with E-state index < -0.39 is 0 Å². The maximum absolute atomic E-state index is 3.98. The molecule has 1 rings (SSSR count). The Labute approximate surface area is 67.1 Å². The van der Waals surface area contributed by atoms with Crippen LogP contribution in [0.4, 0.5) is 0 Å². The monoisotopic (exact) mass is 156 g/mol. The standard InChI is InChI=1S/C9H16S/c1-10(2)8-7-9-5-3-4-6-9/h7H,1,3-6,8H2,2H3. The van der Waals surface area contributed by atoms with Gasteiger partial charge in [0.2, 0.25) is 0 Å². The Morgan fingerprint density at radius 2 is 2.10 bits per heavy atom. The van der Waals surface area contributed by atoms with Crippen molar-refractivity contribution in [3.05, 3.63) is 17.9 Å². The molecule has 0 aromatic carbocycles. The van der Waals surface area contributed by atoms with Crippen LogP contribution in [0.5, 0.6) is 0 Å². The summed E-state index contributed by atoms with van der Waals surface area (Å²) < 4.78 is 0. The summed E-state index contributed by atoms with van der Waals surface area (Å²) >= 11 is 0. The van der Waals surface area contributed by atoms with Crippen molar-refractivity contribution in [1.29, 1.82) is 0 Å². The van der Waals surface area contributed by atoms with Crippen molar-refractivity contribution < 1.29 is 0 Å². The minimum atomic E-state index is 0.362. The summed E-state index contributed by atoms with van der Waals surface area (Å²) in [5.41, 5.74) is 1.68. The van der Waals surface area contributed by atoms with Crippen LogP contribution in [-0.2, 0) is 10.9 Å². The minimum absolute atomic E-state index is 0.362. The Kier molecular flexibility index (Phi) is 3.33. The predicted octanol–water partition coefficient (Wildman–Crippen LogP) is 2.53. The quantitative estimate of drug-likeness (QED) is 0.327. The van der Waals surface area contributed by atoms with E-state index in [4.69, 9.17) is 0 Å². The molecule has 1 unspecified atom stereocenters. The van der Waals surface area contributed by atoms with Crippen LogP contribution in [0, 0.1) is 6.26 Å². The lowest BCUT2D eigenvalue weighted by Crippen LogP contribution is -1.95. The highest BCUT2D eigenvalue weighted by atomic mass is 32.2. The average Bonchev–Trinajstić information content (AvgIpc) is 2.34. The first-order chi connectivity index (χ1) is 4.79. The predicted molar refractivity (Wildman–Crippen MR) is 50.1 cm³/mol. The lowest BCUT2D eigenvalue weighted by atomic mass is 10.2. The highest BCUT2D eigenvalue weighted by Gasteiger charge is 2.05. The SMILES string of the molecule is [CH2-][S+](C)CC=C1CCCC1. The molecule has 0 amide bonds. The van der Waals surface area contributed by atoms with Crippen molar-refractivity contribution in [3.8, 4) is 0 Å². The molecule has 1 heteroatoms. The molecule has 1 fully saturated rings. The van der Waals surface area contributed by atoms with Crippen LogP contribution in [0.15, 0.2) is 11.6 Å². The molecule has 0 N–H and O–H groups in total. The molecule has 0 aromatic heterocycles. The van der Waals surface area contributed by atoms with Crippen molar-refractivity contribution >= 4 is 10.9 Å². The first-order valence-electron chi connectivity index (χ1n) is 3.89. The van der Waals surface area contributed by atoms with Crippen LogP contribution in [0.1, 0.15) is 25.7 Å². The summed E-state index contributed by atoms with van der Waals surface area (Å²) in [6.45, 7) is 0. The van der Waals surface area contributed by atoms with Crippen LogP contribution < -0.4 is 0 Å². The second kappa shape index (κ2) is 4.07. The van der Waals surface area contributed by atoms with E-state index in [2.05, 4.69) is 18.6 Å². The Balaban J connectivity index is 2.25. The maximum atomic E-state index is 3.98. The lowest BCUT2D eigenvalue weighted by molar-refractivity contribution is 0.886. The fourth-order valence-electron chi connectivity index (χ4n) is 1.29. The van der Waals surface area contributed by atoms with E-state index >= 15 is 0 Å². The summed E-state index contributed by atoms with van der Waals surface area (Å²) in [7, 11) is 0.362. The number of hydrogen-bond donors (Lipinski definition) is 0. The van der Waals surface area contributed by atoms with E-state index in [9.17, 15) is 0 Å². The number of rotatable bonds is 2. The van der Waals surface area contributed by atoms with Gasteiger partial charge in [0.25, 0.3) is 0 Å². The summed E-state index contributed by atoms with van der Waals surface area (Å²) in [4.78, 5) is 0. The highest BCUT2D eigenvalue weighted by Crippen LogP contribution is 2.23. The molecule has 0 radical (unpaired) electrons. The van der Waals surface area contributed by atoms with Crippen molar-refractivity contribution in [2.24, 2.45) is 0 Å². The lowest BCUT2D eigenvalue weighted by Gasteiger charge is -1.99. The Bertz CT molecular complexity index is 117. The van der Waals surface area contributed by atoms with Crippen LogP contribution >= 0.6 is 0 Å². The van der Waals surface area contributed by atoms with E-state index in [1.165, 1.54) is 31.4 Å². The van der Waals surface area contributed by atoms with E-state index in [1.807, 2.05) is 0 Å². The summed E-state index contributed by atoms with van der Waals surface area (Å²) in [5.74, 6) is 1.20. The Morgan fingerprint density at radius 1 is 1.50 bits per heavy atom. The fraction of sp³-hybridized carbons (Fsp3) is 0.667. The molecule has 0 aliphatic heterocycles. The summed E-state index contributed by atoms with van der Waals surface area (Å²) in [6.07, 6.45) is 14.1. The third-order valence-corrected chi connectivity index (χ3v) is 2.64. The number of allylic oxidation sites excluding steroid dienone is 1. The van der Waals surface area contributed by atoms with Gasteiger partial charge in [0.15, 0.2) is 0 Å². The molecule has 1 aliphatic carbocycles. The summed E-state index contributed by atoms with van der Waals surface area (Å²) in [5, 5.41) is 0. The smallest absolute Gasteiger partial charge is 0.0970 e. The van der Waals surface area contributed by atoms with Gasteiger partial charge in [-0.3, -0.25) is 0 Å². The van der Waals surface area contributed by atoms with Crippen LogP contribution in [0.2, 0.25) is 0 Å². The zero-order valence-electron chi connectivity index (χ0n) is 6.73. The van der Waals surface area contributed by atoms with Gasteiger partial charge in [0, 0.05) is 0 Å². The van der Waals surface area contributed by atoms with Crippen molar-refractivity contribution in [3.63, 3.8) is 0 Å². The van der Waals surface area contributed by atoms with E-state index in [0.717, 1.165) is 0 Å². The maximum Gasteiger partial charge on any atom is 0.0970 e. The van der Waals surface area contributed by atoms with Gasteiger partial charge in [0.05, 0.1) is 12.0 Å². The Hall–Kier alpha value is 0.0900. The molecule has 10 heavy (non-hydrogen) atoms. The van der Waals surface area contributed by atoms with Gasteiger partial charge in [0.1, 0.15) is 0 Å². The van der Waals surface area contributed by atoms with Gasteiger partial charge in [-0.15, -0.1) is 6.26 Å². The molecule has 1 aliphatic rings. The average molecular weight is 156 g/mol. The third kappa shape index (κ3) is 2.78.